The van der Waals surface area contributed by atoms with Gasteiger partial charge in [-0.05, 0) is 12.0 Å². The Hall–Kier alpha value is -2.72. The number of aromatic nitrogens is 2. The van der Waals surface area contributed by atoms with Gasteiger partial charge < -0.3 is 5.11 Å². The maximum Gasteiger partial charge on any atom is 0.258 e. The van der Waals surface area contributed by atoms with E-state index < -0.39 is 0 Å². The zero-order valence-electron chi connectivity index (χ0n) is 15.1. The Morgan fingerprint density at radius 2 is 1.77 bits per heavy atom. The zero-order chi connectivity index (χ0) is 18.3. The first kappa shape index (κ1) is 16.7. The van der Waals surface area contributed by atoms with E-state index in [1.807, 2.05) is 48.5 Å². The van der Waals surface area contributed by atoms with Crippen LogP contribution < -0.4 is 5.56 Å². The molecule has 0 amide bonds. The highest BCUT2D eigenvalue weighted by atomic mass is 16.3. The minimum absolute atomic E-state index is 0.0533. The van der Waals surface area contributed by atoms with E-state index in [-0.39, 0.29) is 24.1 Å². The lowest BCUT2D eigenvalue weighted by Gasteiger charge is -2.33. The largest absolute Gasteiger partial charge is 0.395 e. The number of rotatable bonds is 3. The molecule has 0 saturated carbocycles. The maximum absolute atomic E-state index is 13.4. The average Bonchev–Trinajstić information content (AvgIpc) is 2.63. The zero-order valence-corrected chi connectivity index (χ0v) is 15.1. The lowest BCUT2D eigenvalue weighted by molar-refractivity contribution is 0.273. The van der Waals surface area contributed by atoms with E-state index in [0.29, 0.717) is 5.82 Å². The first-order valence-electron chi connectivity index (χ1n) is 8.93. The van der Waals surface area contributed by atoms with Crippen molar-refractivity contribution in [2.75, 3.05) is 6.61 Å². The molecule has 1 aliphatic rings. The Balaban J connectivity index is 2.09. The van der Waals surface area contributed by atoms with Crippen LogP contribution in [0.2, 0.25) is 0 Å². The smallest absolute Gasteiger partial charge is 0.258 e. The Bertz CT molecular complexity index is 1020. The van der Waals surface area contributed by atoms with Crippen molar-refractivity contribution in [3.05, 3.63) is 76.1 Å². The summed E-state index contributed by atoms with van der Waals surface area (Å²) in [7, 11) is 0. The molecule has 132 valence electrons. The number of hydrogen-bond acceptors (Lipinski definition) is 3. The molecule has 1 heterocycles. The van der Waals surface area contributed by atoms with Crippen molar-refractivity contribution in [1.82, 2.24) is 9.55 Å². The van der Waals surface area contributed by atoms with Gasteiger partial charge in [0.25, 0.3) is 5.56 Å². The topological polar surface area (TPSA) is 55.1 Å². The number of nitrogens with zero attached hydrogens (tertiary/aromatic N) is 2. The van der Waals surface area contributed by atoms with Gasteiger partial charge in [-0.25, -0.2) is 4.98 Å². The second kappa shape index (κ2) is 6.22. The predicted octanol–water partition coefficient (Wildman–Crippen LogP) is 3.40. The van der Waals surface area contributed by atoms with Gasteiger partial charge in [0.05, 0.1) is 18.8 Å². The summed E-state index contributed by atoms with van der Waals surface area (Å²) in [6, 6.07) is 17.9. The monoisotopic (exact) mass is 346 g/mol. The Kier molecular flexibility index (Phi) is 4.00. The normalized spacial score (nSPS) is 14.6. The second-order valence-corrected chi connectivity index (χ2v) is 7.42. The van der Waals surface area contributed by atoms with Crippen LogP contribution >= 0.6 is 0 Å². The van der Waals surface area contributed by atoms with Crippen LogP contribution in [0.4, 0.5) is 0 Å². The third-order valence-corrected chi connectivity index (χ3v) is 5.11. The molecule has 1 aromatic heterocycles. The number of fused-ring (bicyclic) bond motifs is 3. The standard InChI is InChI=1S/C22H22N2O2/c1-22(2)14-16-10-6-7-11-17(16)19-18(22)21(26)24(12-13-25)20(23-19)15-8-4-3-5-9-15/h3-11,25H,12-14H2,1-2H3. The van der Waals surface area contributed by atoms with Gasteiger partial charge in [-0.3, -0.25) is 9.36 Å². The molecule has 1 N–H and O–H groups in total. The van der Waals surface area contributed by atoms with Crippen LogP contribution in [-0.4, -0.2) is 21.3 Å². The van der Waals surface area contributed by atoms with Crippen LogP contribution in [-0.2, 0) is 18.4 Å². The molecule has 4 rings (SSSR count). The van der Waals surface area contributed by atoms with Crippen molar-refractivity contribution >= 4 is 0 Å². The fourth-order valence-corrected chi connectivity index (χ4v) is 3.94. The van der Waals surface area contributed by atoms with Crippen LogP contribution in [0, 0.1) is 0 Å². The molecule has 0 fully saturated rings. The van der Waals surface area contributed by atoms with Crippen molar-refractivity contribution in [3.63, 3.8) is 0 Å². The molecule has 2 aromatic carbocycles. The summed E-state index contributed by atoms with van der Waals surface area (Å²) >= 11 is 0. The van der Waals surface area contributed by atoms with E-state index in [4.69, 9.17) is 4.98 Å². The molecule has 0 unspecified atom stereocenters. The van der Waals surface area contributed by atoms with Gasteiger partial charge in [0, 0.05) is 22.1 Å². The molecule has 0 spiro atoms. The minimum atomic E-state index is -0.305. The molecule has 0 atom stereocenters. The highest BCUT2D eigenvalue weighted by Crippen LogP contribution is 2.40. The molecular formula is C22H22N2O2. The van der Waals surface area contributed by atoms with Crippen molar-refractivity contribution in [1.29, 1.82) is 0 Å². The van der Waals surface area contributed by atoms with Crippen LogP contribution in [0.3, 0.4) is 0 Å². The van der Waals surface area contributed by atoms with Crippen molar-refractivity contribution in [2.24, 2.45) is 0 Å². The van der Waals surface area contributed by atoms with E-state index in [0.717, 1.165) is 28.8 Å². The van der Waals surface area contributed by atoms with Gasteiger partial charge in [-0.15, -0.1) is 0 Å². The number of benzene rings is 2. The number of hydrogen-bond donors (Lipinski definition) is 1. The third-order valence-electron chi connectivity index (χ3n) is 5.11. The maximum atomic E-state index is 13.4. The van der Waals surface area contributed by atoms with Crippen LogP contribution in [0.15, 0.2) is 59.4 Å². The van der Waals surface area contributed by atoms with Gasteiger partial charge in [0.2, 0.25) is 0 Å². The summed E-state index contributed by atoms with van der Waals surface area (Å²) in [5.74, 6) is 0.607. The molecule has 1 aliphatic carbocycles. The first-order chi connectivity index (χ1) is 12.5. The van der Waals surface area contributed by atoms with Gasteiger partial charge in [0.15, 0.2) is 0 Å². The minimum Gasteiger partial charge on any atom is -0.395 e. The lowest BCUT2D eigenvalue weighted by atomic mass is 9.72. The van der Waals surface area contributed by atoms with E-state index in [9.17, 15) is 9.90 Å². The van der Waals surface area contributed by atoms with Gasteiger partial charge in [-0.1, -0.05) is 68.4 Å². The highest BCUT2D eigenvalue weighted by molar-refractivity contribution is 5.73. The first-order valence-corrected chi connectivity index (χ1v) is 8.93. The quantitative estimate of drug-likeness (QED) is 0.791. The summed E-state index contributed by atoms with van der Waals surface area (Å²) in [4.78, 5) is 18.4. The molecule has 0 radical (unpaired) electrons. The Labute approximate surface area is 152 Å². The molecule has 0 aliphatic heterocycles. The summed E-state index contributed by atoms with van der Waals surface area (Å²) < 4.78 is 1.61. The molecule has 4 heteroatoms. The summed E-state index contributed by atoms with van der Waals surface area (Å²) in [5, 5.41) is 9.52. The fourth-order valence-electron chi connectivity index (χ4n) is 3.94. The average molecular weight is 346 g/mol. The predicted molar refractivity (Wildman–Crippen MR) is 103 cm³/mol. The summed E-state index contributed by atoms with van der Waals surface area (Å²) in [6.07, 6.45) is 0.802. The SMILES string of the molecule is CC1(C)Cc2ccccc2-c2nc(-c3ccccc3)n(CCO)c(=O)c21. The van der Waals surface area contributed by atoms with E-state index in [2.05, 4.69) is 19.9 Å². The van der Waals surface area contributed by atoms with Crippen molar-refractivity contribution in [3.8, 4) is 22.6 Å². The van der Waals surface area contributed by atoms with Crippen LogP contribution in [0.25, 0.3) is 22.6 Å². The number of aliphatic hydroxyl groups is 1. The molecule has 0 saturated heterocycles. The molecule has 0 bridgehead atoms. The van der Waals surface area contributed by atoms with E-state index >= 15 is 0 Å². The van der Waals surface area contributed by atoms with Gasteiger partial charge in [-0.2, -0.15) is 0 Å². The van der Waals surface area contributed by atoms with Gasteiger partial charge in [0.1, 0.15) is 5.82 Å². The Morgan fingerprint density at radius 3 is 2.50 bits per heavy atom. The van der Waals surface area contributed by atoms with Crippen LogP contribution in [0.1, 0.15) is 25.0 Å². The molecule has 4 nitrogen and oxygen atoms in total. The molecule has 26 heavy (non-hydrogen) atoms. The lowest BCUT2D eigenvalue weighted by Crippen LogP contribution is -2.38. The highest BCUT2D eigenvalue weighted by Gasteiger charge is 2.36. The van der Waals surface area contributed by atoms with E-state index in [1.165, 1.54) is 5.56 Å². The van der Waals surface area contributed by atoms with Gasteiger partial charge >= 0.3 is 0 Å². The summed E-state index contributed by atoms with van der Waals surface area (Å²) in [5.41, 5.74) is 4.28. The van der Waals surface area contributed by atoms with E-state index in [1.54, 1.807) is 4.57 Å². The van der Waals surface area contributed by atoms with Crippen LogP contribution in [0.5, 0.6) is 0 Å². The Morgan fingerprint density at radius 1 is 1.08 bits per heavy atom. The number of aliphatic hydroxyl groups excluding tert-OH is 1. The fraction of sp³-hybridized carbons (Fsp3) is 0.273. The van der Waals surface area contributed by atoms with Crippen molar-refractivity contribution < 1.29 is 5.11 Å². The molecular weight excluding hydrogens is 324 g/mol. The third kappa shape index (κ3) is 2.58. The summed E-state index contributed by atoms with van der Waals surface area (Å²) in [6.45, 7) is 4.32. The van der Waals surface area contributed by atoms with Crippen molar-refractivity contribution in [2.45, 2.75) is 32.2 Å². The molecule has 3 aromatic rings. The second-order valence-electron chi connectivity index (χ2n) is 7.42.